The van der Waals surface area contributed by atoms with Crippen LogP contribution < -0.4 is 5.32 Å². The van der Waals surface area contributed by atoms with Gasteiger partial charge < -0.3 is 15.2 Å². The summed E-state index contributed by atoms with van der Waals surface area (Å²) in [5.41, 5.74) is -0.637. The summed E-state index contributed by atoms with van der Waals surface area (Å²) < 4.78 is 4.92. The van der Waals surface area contributed by atoms with Gasteiger partial charge in [-0.1, -0.05) is 0 Å². The molecular formula is C8H19NO2. The van der Waals surface area contributed by atoms with E-state index in [4.69, 9.17) is 4.74 Å². The van der Waals surface area contributed by atoms with E-state index >= 15 is 0 Å². The summed E-state index contributed by atoms with van der Waals surface area (Å²) in [7, 11) is 1.67. The molecule has 0 saturated heterocycles. The largest absolute Gasteiger partial charge is 0.389 e. The summed E-state index contributed by atoms with van der Waals surface area (Å²) in [5, 5.41) is 12.5. The molecule has 68 valence electrons. The maximum atomic E-state index is 9.33. The van der Waals surface area contributed by atoms with E-state index in [1.54, 1.807) is 21.0 Å². The van der Waals surface area contributed by atoms with Gasteiger partial charge in [0.15, 0.2) is 0 Å². The minimum atomic E-state index is -0.637. The predicted octanol–water partition coefficient (Wildman–Crippen LogP) is 0.382. The van der Waals surface area contributed by atoms with Crippen molar-refractivity contribution < 1.29 is 9.84 Å². The Morgan fingerprint density at radius 3 is 2.45 bits per heavy atom. The van der Waals surface area contributed by atoms with Crippen LogP contribution in [0.25, 0.3) is 0 Å². The molecule has 0 aromatic rings. The van der Waals surface area contributed by atoms with Crippen molar-refractivity contribution in [2.75, 3.05) is 20.3 Å². The number of nitrogens with one attached hydrogen (secondary N) is 1. The Morgan fingerprint density at radius 1 is 1.55 bits per heavy atom. The van der Waals surface area contributed by atoms with Crippen molar-refractivity contribution in [2.24, 2.45) is 0 Å². The highest BCUT2D eigenvalue weighted by Crippen LogP contribution is 1.98. The van der Waals surface area contributed by atoms with Crippen LogP contribution in [-0.4, -0.2) is 37.0 Å². The molecule has 0 amide bonds. The van der Waals surface area contributed by atoms with Crippen molar-refractivity contribution in [2.45, 2.75) is 32.4 Å². The zero-order chi connectivity index (χ0) is 8.91. The lowest BCUT2D eigenvalue weighted by Gasteiger charge is -2.21. The standard InChI is InChI=1S/C8H19NO2/c1-7(5-11-4)9-6-8(2,3)10/h7,9-10H,5-6H2,1-4H3/t7-/m0/s1. The smallest absolute Gasteiger partial charge is 0.0715 e. The van der Waals surface area contributed by atoms with Gasteiger partial charge in [0.2, 0.25) is 0 Å². The molecule has 0 saturated carbocycles. The number of aliphatic hydroxyl groups is 1. The molecular weight excluding hydrogens is 142 g/mol. The summed E-state index contributed by atoms with van der Waals surface area (Å²) in [4.78, 5) is 0. The van der Waals surface area contributed by atoms with Crippen molar-refractivity contribution in [3.8, 4) is 0 Å². The second-order valence-electron chi connectivity index (χ2n) is 3.55. The van der Waals surface area contributed by atoms with Crippen LogP contribution in [0.2, 0.25) is 0 Å². The maximum Gasteiger partial charge on any atom is 0.0715 e. The number of methoxy groups -OCH3 is 1. The Kier molecular flexibility index (Phi) is 4.65. The van der Waals surface area contributed by atoms with E-state index in [-0.39, 0.29) is 0 Å². The van der Waals surface area contributed by atoms with E-state index < -0.39 is 5.60 Å². The van der Waals surface area contributed by atoms with Crippen molar-refractivity contribution in [3.63, 3.8) is 0 Å². The minimum Gasteiger partial charge on any atom is -0.389 e. The Hall–Kier alpha value is -0.120. The normalized spacial score (nSPS) is 15.0. The average Bonchev–Trinajstić information content (AvgIpc) is 1.83. The summed E-state index contributed by atoms with van der Waals surface area (Å²) >= 11 is 0. The van der Waals surface area contributed by atoms with Gasteiger partial charge in [-0.3, -0.25) is 0 Å². The van der Waals surface area contributed by atoms with Gasteiger partial charge in [-0.05, 0) is 20.8 Å². The summed E-state index contributed by atoms with van der Waals surface area (Å²) in [6, 6.07) is 0.298. The van der Waals surface area contributed by atoms with E-state index in [1.165, 1.54) is 0 Å². The predicted molar refractivity (Wildman–Crippen MR) is 45.6 cm³/mol. The van der Waals surface area contributed by atoms with Crippen LogP contribution in [0.1, 0.15) is 20.8 Å². The van der Waals surface area contributed by atoms with E-state index in [2.05, 4.69) is 5.32 Å². The van der Waals surface area contributed by atoms with Crippen molar-refractivity contribution in [1.82, 2.24) is 5.32 Å². The highest BCUT2D eigenvalue weighted by atomic mass is 16.5. The van der Waals surface area contributed by atoms with Crippen molar-refractivity contribution >= 4 is 0 Å². The number of ether oxygens (including phenoxy) is 1. The monoisotopic (exact) mass is 161 g/mol. The van der Waals surface area contributed by atoms with Gasteiger partial charge in [0.25, 0.3) is 0 Å². The van der Waals surface area contributed by atoms with Gasteiger partial charge in [-0.2, -0.15) is 0 Å². The number of rotatable bonds is 5. The van der Waals surface area contributed by atoms with Gasteiger partial charge in [0.05, 0.1) is 12.2 Å². The van der Waals surface area contributed by atoms with E-state index in [0.29, 0.717) is 19.2 Å². The van der Waals surface area contributed by atoms with Gasteiger partial charge in [-0.15, -0.1) is 0 Å². The van der Waals surface area contributed by atoms with Gasteiger partial charge in [0, 0.05) is 19.7 Å². The van der Waals surface area contributed by atoms with Crippen LogP contribution >= 0.6 is 0 Å². The first-order valence-corrected chi connectivity index (χ1v) is 3.90. The molecule has 0 aromatic carbocycles. The Morgan fingerprint density at radius 2 is 2.09 bits per heavy atom. The quantitative estimate of drug-likeness (QED) is 0.612. The SMILES string of the molecule is COC[C@H](C)NCC(C)(C)O. The molecule has 0 aliphatic carbocycles. The van der Waals surface area contributed by atoms with Crippen LogP contribution in [0.5, 0.6) is 0 Å². The first-order valence-electron chi connectivity index (χ1n) is 3.90. The highest BCUT2D eigenvalue weighted by molar-refractivity contribution is 4.71. The maximum absolute atomic E-state index is 9.33. The lowest BCUT2D eigenvalue weighted by atomic mass is 10.1. The van der Waals surface area contributed by atoms with E-state index in [1.807, 2.05) is 6.92 Å². The van der Waals surface area contributed by atoms with Gasteiger partial charge in [-0.25, -0.2) is 0 Å². The molecule has 2 N–H and O–H groups in total. The average molecular weight is 161 g/mol. The van der Waals surface area contributed by atoms with Gasteiger partial charge >= 0.3 is 0 Å². The Bertz CT molecular complexity index is 98.8. The van der Waals surface area contributed by atoms with Crippen LogP contribution in [0.4, 0.5) is 0 Å². The third kappa shape index (κ3) is 7.78. The molecule has 0 aromatic heterocycles. The molecule has 0 unspecified atom stereocenters. The molecule has 3 nitrogen and oxygen atoms in total. The lowest BCUT2D eigenvalue weighted by molar-refractivity contribution is 0.0713. The topological polar surface area (TPSA) is 41.5 Å². The molecule has 0 bridgehead atoms. The van der Waals surface area contributed by atoms with Crippen molar-refractivity contribution in [3.05, 3.63) is 0 Å². The fourth-order valence-corrected chi connectivity index (χ4v) is 0.733. The molecule has 0 heterocycles. The molecule has 1 atom stereocenters. The molecule has 0 fully saturated rings. The lowest BCUT2D eigenvalue weighted by Crippen LogP contribution is -2.41. The number of hydrogen-bond donors (Lipinski definition) is 2. The highest BCUT2D eigenvalue weighted by Gasteiger charge is 2.12. The van der Waals surface area contributed by atoms with Crippen LogP contribution in [-0.2, 0) is 4.74 Å². The van der Waals surface area contributed by atoms with Crippen molar-refractivity contribution in [1.29, 1.82) is 0 Å². The first kappa shape index (κ1) is 10.9. The van der Waals surface area contributed by atoms with Crippen LogP contribution in [0.15, 0.2) is 0 Å². The Labute approximate surface area is 68.8 Å². The molecule has 0 spiro atoms. The van der Waals surface area contributed by atoms with Crippen LogP contribution in [0.3, 0.4) is 0 Å². The van der Waals surface area contributed by atoms with Gasteiger partial charge in [0.1, 0.15) is 0 Å². The first-order chi connectivity index (χ1) is 4.95. The van der Waals surface area contributed by atoms with E-state index in [0.717, 1.165) is 0 Å². The summed E-state index contributed by atoms with van der Waals surface area (Å²) in [6.07, 6.45) is 0. The summed E-state index contributed by atoms with van der Waals surface area (Å²) in [6.45, 7) is 6.85. The third-order valence-corrected chi connectivity index (χ3v) is 1.30. The zero-order valence-corrected chi connectivity index (χ0v) is 7.85. The number of hydrogen-bond acceptors (Lipinski definition) is 3. The molecule has 3 heteroatoms. The molecule has 0 rings (SSSR count). The third-order valence-electron chi connectivity index (χ3n) is 1.30. The Balaban J connectivity index is 3.38. The fraction of sp³-hybridized carbons (Fsp3) is 1.00. The molecule has 0 aliphatic rings. The molecule has 0 aliphatic heterocycles. The molecule has 11 heavy (non-hydrogen) atoms. The minimum absolute atomic E-state index is 0.298. The second kappa shape index (κ2) is 4.70. The second-order valence-corrected chi connectivity index (χ2v) is 3.55. The molecule has 0 radical (unpaired) electrons. The fourth-order valence-electron chi connectivity index (χ4n) is 0.733. The zero-order valence-electron chi connectivity index (χ0n) is 7.85. The van der Waals surface area contributed by atoms with E-state index in [9.17, 15) is 5.11 Å². The van der Waals surface area contributed by atoms with Crippen LogP contribution in [0, 0.1) is 0 Å². The summed E-state index contributed by atoms with van der Waals surface area (Å²) in [5.74, 6) is 0.